The summed E-state index contributed by atoms with van der Waals surface area (Å²) >= 11 is 5.82. The zero-order valence-corrected chi connectivity index (χ0v) is 12.0. The normalized spacial score (nSPS) is 16.0. The fraction of sp³-hybridized carbons (Fsp3) is 0.462. The van der Waals surface area contributed by atoms with Gasteiger partial charge in [-0.1, -0.05) is 11.6 Å². The minimum Gasteiger partial charge on any atom is -0.433 e. The van der Waals surface area contributed by atoms with E-state index in [1.165, 1.54) is 18.2 Å². The van der Waals surface area contributed by atoms with Gasteiger partial charge in [-0.3, -0.25) is 9.69 Å². The van der Waals surface area contributed by atoms with Crippen LogP contribution in [0.15, 0.2) is 18.2 Å². The number of rotatable bonds is 5. The number of carbonyl (C=O) groups excluding carboxylic acids is 1. The van der Waals surface area contributed by atoms with Crippen LogP contribution in [-0.2, 0) is 4.79 Å². The molecule has 0 saturated carbocycles. The molecule has 2 N–H and O–H groups in total. The van der Waals surface area contributed by atoms with Crippen LogP contribution in [-0.4, -0.2) is 50.1 Å². The van der Waals surface area contributed by atoms with Crippen LogP contribution >= 0.6 is 11.6 Å². The summed E-state index contributed by atoms with van der Waals surface area (Å²) in [5.41, 5.74) is 0.446. The number of piperazine rings is 1. The van der Waals surface area contributed by atoms with Gasteiger partial charge in [0.15, 0.2) is 0 Å². The van der Waals surface area contributed by atoms with E-state index in [-0.39, 0.29) is 23.2 Å². The number of carbonyl (C=O) groups is 1. The molecular weight excluding hydrogens is 304 g/mol. The second-order valence-corrected chi connectivity index (χ2v) is 5.01. The minimum absolute atomic E-state index is 0.0234. The van der Waals surface area contributed by atoms with E-state index in [2.05, 4.69) is 15.4 Å². The summed E-state index contributed by atoms with van der Waals surface area (Å²) in [6.07, 6.45) is 0. The molecule has 0 spiro atoms. The van der Waals surface area contributed by atoms with Crippen LogP contribution in [0.25, 0.3) is 0 Å². The third-order valence-electron chi connectivity index (χ3n) is 3.01. The van der Waals surface area contributed by atoms with Gasteiger partial charge < -0.3 is 15.4 Å². The molecule has 1 aliphatic heterocycles. The minimum atomic E-state index is -2.93. The third-order valence-corrected chi connectivity index (χ3v) is 3.30. The van der Waals surface area contributed by atoms with E-state index in [1.807, 2.05) is 4.90 Å². The highest BCUT2D eigenvalue weighted by molar-refractivity contribution is 6.32. The molecule has 5 nitrogen and oxygen atoms in total. The fourth-order valence-electron chi connectivity index (χ4n) is 2.04. The van der Waals surface area contributed by atoms with Gasteiger partial charge in [0.25, 0.3) is 0 Å². The van der Waals surface area contributed by atoms with Gasteiger partial charge in [0.2, 0.25) is 5.91 Å². The van der Waals surface area contributed by atoms with Gasteiger partial charge in [-0.2, -0.15) is 8.78 Å². The highest BCUT2D eigenvalue weighted by Gasteiger charge is 2.14. The first-order valence-electron chi connectivity index (χ1n) is 6.52. The van der Waals surface area contributed by atoms with Crippen molar-refractivity contribution < 1.29 is 18.3 Å². The molecule has 0 aromatic heterocycles. The van der Waals surface area contributed by atoms with Crippen molar-refractivity contribution in [3.8, 4) is 5.75 Å². The average Bonchev–Trinajstić information content (AvgIpc) is 2.42. The Labute approximate surface area is 126 Å². The molecule has 1 fully saturated rings. The number of hydrogen-bond donors (Lipinski definition) is 2. The van der Waals surface area contributed by atoms with Crippen molar-refractivity contribution in [2.45, 2.75) is 6.61 Å². The van der Waals surface area contributed by atoms with Crippen LogP contribution in [0.1, 0.15) is 0 Å². The molecule has 0 aliphatic carbocycles. The lowest BCUT2D eigenvalue weighted by Gasteiger charge is -2.26. The molecule has 8 heteroatoms. The van der Waals surface area contributed by atoms with Crippen LogP contribution in [0.3, 0.4) is 0 Å². The van der Waals surface area contributed by atoms with Gasteiger partial charge in [0.1, 0.15) is 5.75 Å². The summed E-state index contributed by atoms with van der Waals surface area (Å²) in [7, 11) is 0. The van der Waals surface area contributed by atoms with E-state index < -0.39 is 6.61 Å². The summed E-state index contributed by atoms with van der Waals surface area (Å²) in [5.74, 6) is -0.290. The Hall–Kier alpha value is -1.44. The van der Waals surface area contributed by atoms with E-state index in [9.17, 15) is 13.6 Å². The first-order chi connectivity index (χ1) is 10.0. The monoisotopic (exact) mass is 319 g/mol. The summed E-state index contributed by atoms with van der Waals surface area (Å²) in [6.45, 7) is 0.701. The zero-order chi connectivity index (χ0) is 15.2. The smallest absolute Gasteiger partial charge is 0.387 e. The Morgan fingerprint density at radius 3 is 2.76 bits per heavy atom. The summed E-state index contributed by atoms with van der Waals surface area (Å²) in [5, 5.41) is 5.91. The Kier molecular flexibility index (Phi) is 5.72. The maximum Gasteiger partial charge on any atom is 0.387 e. The molecule has 21 heavy (non-hydrogen) atoms. The van der Waals surface area contributed by atoms with Crippen LogP contribution in [0, 0.1) is 0 Å². The standard InChI is InChI=1S/C13H16ClF2N3O2/c14-10-7-9(1-2-11(10)21-13(15)16)18-12(20)8-19-5-3-17-4-6-19/h1-2,7,13,17H,3-6,8H2,(H,18,20). The molecule has 1 saturated heterocycles. The molecule has 2 rings (SSSR count). The van der Waals surface area contributed by atoms with Crippen molar-refractivity contribution in [2.24, 2.45) is 0 Å². The molecule has 1 heterocycles. The van der Waals surface area contributed by atoms with Crippen molar-refractivity contribution in [3.63, 3.8) is 0 Å². The fourth-order valence-corrected chi connectivity index (χ4v) is 2.27. The number of nitrogens with zero attached hydrogens (tertiary/aromatic N) is 1. The highest BCUT2D eigenvalue weighted by Crippen LogP contribution is 2.28. The SMILES string of the molecule is O=C(CN1CCNCC1)Nc1ccc(OC(F)F)c(Cl)c1. The van der Waals surface area contributed by atoms with Crippen molar-refractivity contribution >= 4 is 23.2 Å². The van der Waals surface area contributed by atoms with Crippen LogP contribution < -0.4 is 15.4 Å². The van der Waals surface area contributed by atoms with Gasteiger partial charge in [-0.15, -0.1) is 0 Å². The number of halogens is 3. The Balaban J connectivity index is 1.89. The molecule has 0 unspecified atom stereocenters. The molecule has 1 aromatic carbocycles. The predicted octanol–water partition coefficient (Wildman–Crippen LogP) is 1.79. The van der Waals surface area contributed by atoms with Crippen molar-refractivity contribution in [3.05, 3.63) is 23.2 Å². The van der Waals surface area contributed by atoms with Gasteiger partial charge in [0.05, 0.1) is 11.6 Å². The van der Waals surface area contributed by atoms with E-state index in [1.54, 1.807) is 0 Å². The molecule has 0 bridgehead atoms. The number of ether oxygens (including phenoxy) is 1. The first kappa shape index (κ1) is 15.9. The van der Waals surface area contributed by atoms with Gasteiger partial charge in [0, 0.05) is 31.9 Å². The Bertz CT molecular complexity index is 496. The van der Waals surface area contributed by atoms with Gasteiger partial charge in [-0.25, -0.2) is 0 Å². The second-order valence-electron chi connectivity index (χ2n) is 4.60. The van der Waals surface area contributed by atoms with Gasteiger partial charge in [-0.05, 0) is 18.2 Å². The number of alkyl halides is 2. The molecule has 0 atom stereocenters. The van der Waals surface area contributed by atoms with E-state index in [0.717, 1.165) is 26.2 Å². The Morgan fingerprint density at radius 1 is 1.43 bits per heavy atom. The highest BCUT2D eigenvalue weighted by atomic mass is 35.5. The number of anilines is 1. The first-order valence-corrected chi connectivity index (χ1v) is 6.89. The quantitative estimate of drug-likeness (QED) is 0.869. The zero-order valence-electron chi connectivity index (χ0n) is 11.2. The molecule has 0 radical (unpaired) electrons. The van der Waals surface area contributed by atoms with E-state index in [4.69, 9.17) is 11.6 Å². The van der Waals surface area contributed by atoms with E-state index >= 15 is 0 Å². The Morgan fingerprint density at radius 2 is 2.14 bits per heavy atom. The van der Waals surface area contributed by atoms with Crippen molar-refractivity contribution in [2.75, 3.05) is 38.0 Å². The molecule has 116 valence electrons. The number of benzene rings is 1. The van der Waals surface area contributed by atoms with Crippen LogP contribution in [0.5, 0.6) is 5.75 Å². The summed E-state index contributed by atoms with van der Waals surface area (Å²) in [6, 6.07) is 4.16. The van der Waals surface area contributed by atoms with Crippen molar-refractivity contribution in [1.29, 1.82) is 0 Å². The van der Waals surface area contributed by atoms with E-state index in [0.29, 0.717) is 5.69 Å². The molecular formula is C13H16ClF2N3O2. The number of amides is 1. The number of nitrogens with one attached hydrogen (secondary N) is 2. The third kappa shape index (κ3) is 5.11. The average molecular weight is 320 g/mol. The number of hydrogen-bond acceptors (Lipinski definition) is 4. The van der Waals surface area contributed by atoms with Crippen LogP contribution in [0.2, 0.25) is 5.02 Å². The maximum atomic E-state index is 12.1. The summed E-state index contributed by atoms with van der Waals surface area (Å²) < 4.78 is 28.5. The van der Waals surface area contributed by atoms with Crippen molar-refractivity contribution in [1.82, 2.24) is 10.2 Å². The largest absolute Gasteiger partial charge is 0.433 e. The molecule has 1 amide bonds. The maximum absolute atomic E-state index is 12.1. The lowest BCUT2D eigenvalue weighted by molar-refractivity contribution is -0.117. The lowest BCUT2D eigenvalue weighted by Crippen LogP contribution is -2.46. The summed E-state index contributed by atoms with van der Waals surface area (Å²) in [4.78, 5) is 13.9. The predicted molar refractivity (Wildman–Crippen MR) is 76.0 cm³/mol. The molecule has 1 aromatic rings. The topological polar surface area (TPSA) is 53.6 Å². The van der Waals surface area contributed by atoms with Crippen LogP contribution in [0.4, 0.5) is 14.5 Å². The van der Waals surface area contributed by atoms with Gasteiger partial charge >= 0.3 is 6.61 Å². The lowest BCUT2D eigenvalue weighted by atomic mass is 10.3. The second kappa shape index (κ2) is 7.53. The molecule has 1 aliphatic rings.